The molecule has 0 unspecified atom stereocenters. The molecule has 0 aliphatic rings. The smallest absolute Gasteiger partial charge is 0.248 e. The van der Waals surface area contributed by atoms with Crippen molar-refractivity contribution >= 4 is 50.2 Å². The minimum absolute atomic E-state index is 0.0472. The van der Waals surface area contributed by atoms with E-state index < -0.39 is 0 Å². The van der Waals surface area contributed by atoms with Crippen LogP contribution in [0.2, 0.25) is 0 Å². The highest BCUT2D eigenvalue weighted by atomic mass is 16.5. The molecular weight excluding hydrogens is 1790 g/mol. The Labute approximate surface area is 842 Å². The maximum atomic E-state index is 6.36. The first-order chi connectivity index (χ1) is 70.1. The van der Waals surface area contributed by atoms with Gasteiger partial charge in [-0.15, -0.1) is 30.6 Å². The molecule has 22 aromatic rings. The number of anilines is 3. The molecule has 0 saturated heterocycles. The Morgan fingerprint density at radius 3 is 0.545 bits per heavy atom. The highest BCUT2D eigenvalue weighted by Gasteiger charge is 2.27. The zero-order valence-electron chi connectivity index (χ0n) is 83.4. The molecule has 0 bridgehead atoms. The first kappa shape index (κ1) is 93.5. The Morgan fingerprint density at radius 2 is 0.359 bits per heavy atom. The van der Waals surface area contributed by atoms with E-state index in [-0.39, 0.29) is 16.2 Å². The van der Waals surface area contributed by atoms with Crippen LogP contribution in [0.15, 0.2) is 377 Å². The van der Waals surface area contributed by atoms with Gasteiger partial charge in [0, 0.05) is 83.8 Å². The normalized spacial score (nSPS) is 11.7. The van der Waals surface area contributed by atoms with Crippen molar-refractivity contribution in [2.24, 2.45) is 0 Å². The van der Waals surface area contributed by atoms with Gasteiger partial charge in [0.1, 0.15) is 34.5 Å². The summed E-state index contributed by atoms with van der Waals surface area (Å²) in [5, 5.41) is 26.0. The molecule has 710 valence electrons. The molecule has 6 aromatic heterocycles. The second-order valence-electron chi connectivity index (χ2n) is 39.9. The lowest BCUT2D eigenvalue weighted by molar-refractivity contribution is 0.482. The quantitative estimate of drug-likeness (QED) is 0.0652. The summed E-state index contributed by atoms with van der Waals surface area (Å²) < 4.78 is 37.4. The maximum Gasteiger partial charge on any atom is 0.248 e. The predicted octanol–water partition coefficient (Wildman–Crippen LogP) is 32.9. The monoisotopic (exact) mass is 1900 g/mol. The van der Waals surface area contributed by atoms with E-state index in [1.165, 1.54) is 50.1 Å². The van der Waals surface area contributed by atoms with Crippen LogP contribution < -0.4 is 19.1 Å². The third-order valence-corrected chi connectivity index (χ3v) is 26.3. The van der Waals surface area contributed by atoms with E-state index in [0.29, 0.717) is 69.8 Å². The molecule has 22 rings (SSSR count). The van der Waals surface area contributed by atoms with Crippen molar-refractivity contribution in [3.05, 3.63) is 414 Å². The molecule has 0 radical (unpaired) electrons. The Bertz CT molecular complexity index is 7690. The summed E-state index contributed by atoms with van der Waals surface area (Å²) in [5.74, 6) is 6.64. The topological polar surface area (TPSA) is 225 Å². The van der Waals surface area contributed by atoms with Gasteiger partial charge in [0.15, 0.2) is 0 Å². The zero-order valence-corrected chi connectivity index (χ0v) is 83.4. The Hall–Kier alpha value is -17.8. The van der Waals surface area contributed by atoms with E-state index in [2.05, 4.69) is 267 Å². The van der Waals surface area contributed by atoms with Gasteiger partial charge in [-0.05, 0) is 344 Å². The fraction of sp³-hybridized carbons (Fsp3) is 0.143. The van der Waals surface area contributed by atoms with Crippen LogP contribution in [0.5, 0.6) is 34.5 Å². The second kappa shape index (κ2) is 39.0. The molecule has 0 N–H and O–H groups in total. The molecule has 19 nitrogen and oxygen atoms in total. The van der Waals surface area contributed by atoms with Gasteiger partial charge in [-0.2, -0.15) is 0 Å². The molecule has 0 aliphatic heterocycles. The summed E-state index contributed by atoms with van der Waals surface area (Å²) >= 11 is 0. The summed E-state index contributed by atoms with van der Waals surface area (Å²) in [6.07, 6.45) is 0. The number of nitrogens with zero attached hydrogens (tertiary/aromatic N) is 13. The van der Waals surface area contributed by atoms with Crippen molar-refractivity contribution in [1.82, 2.24) is 60.5 Å². The van der Waals surface area contributed by atoms with Crippen molar-refractivity contribution in [1.29, 1.82) is 0 Å². The number of rotatable bonds is 21. The van der Waals surface area contributed by atoms with Crippen molar-refractivity contribution < 1.29 is 27.5 Å². The van der Waals surface area contributed by atoms with Gasteiger partial charge in [0.05, 0.1) is 67.3 Å². The van der Waals surface area contributed by atoms with Crippen molar-refractivity contribution in [3.63, 3.8) is 0 Å². The lowest BCUT2D eigenvalue weighted by Crippen LogP contribution is -2.10. The van der Waals surface area contributed by atoms with Crippen LogP contribution in [0.3, 0.4) is 0 Å². The minimum atomic E-state index is 0.0472. The standard InChI is InChI=1S/C72H63N7O6.C54H42N6/c1-70(2,3)52-22-10-46(11-23-52)64-73-76-67(83-64)49-16-34-58(35-17-49)80-61-40-28-55(29-41-61)79(56-30-42-62(43-31-56)81-59-36-18-50(19-37-59)68-77-74-65(84-68)47-12-24-53(25-13-47)71(4,5)6)57-32-44-63(45-33-57)82-60-38-20-51(21-39-60)69-78-75-66(85-69)48-14-26-54(27-15-48)72(7,8)9;1-31-22-43-46(25-34(31)4)58-52(49(55-43)37-16-10-7-11-17-37)40-28-41(53-50(38-18-12-8-13-19-38)56-44-23-32(2)35(5)26-47(44)59-53)30-42(29-40)54-51(39-20-14-9-15-21-39)57-45-24-33(3)36(6)27-48(45)60-54/h10-45H,1-9H3;7-30H,1-6H3. The van der Waals surface area contributed by atoms with E-state index in [1.807, 2.05) is 237 Å². The molecule has 0 atom stereocenters. The number of hydrogen-bond donors (Lipinski definition) is 0. The van der Waals surface area contributed by atoms with E-state index in [4.69, 9.17) is 57.4 Å². The SMILES string of the molecule is CC(C)(C)c1ccc(-c2nnc(-c3ccc(Oc4ccc(N(c5ccc(Oc6ccc(-c7nnc(-c8ccc(C(C)(C)C)cc8)o7)cc6)cc5)c5ccc(Oc6ccc(-c7nnc(-c8ccc(C(C)(C)C)cc8)o7)cc6)cc5)cc4)cc3)o2)cc1.Cc1cc2nc(-c3ccccc3)c(-c3cc(-c4nc5cc(C)c(C)cc5nc4-c4ccccc4)cc(-c4nc5cc(C)c(C)cc5nc4-c4ccccc4)c3)nc2cc1C. The van der Waals surface area contributed by atoms with Gasteiger partial charge in [0.2, 0.25) is 35.3 Å². The molecule has 0 saturated carbocycles. The summed E-state index contributed by atoms with van der Waals surface area (Å²) in [7, 11) is 0. The zero-order chi connectivity index (χ0) is 99.9. The van der Waals surface area contributed by atoms with Crippen molar-refractivity contribution in [2.45, 2.75) is 120 Å². The summed E-state index contributed by atoms with van der Waals surface area (Å²) in [4.78, 5) is 34.6. The van der Waals surface area contributed by atoms with Gasteiger partial charge in [-0.25, -0.2) is 29.9 Å². The number of aryl methyl sites for hydroxylation is 6. The maximum absolute atomic E-state index is 6.36. The van der Waals surface area contributed by atoms with Crippen LogP contribution >= 0.6 is 0 Å². The van der Waals surface area contributed by atoms with E-state index in [1.54, 1.807) is 0 Å². The third-order valence-electron chi connectivity index (χ3n) is 26.3. The largest absolute Gasteiger partial charge is 0.457 e. The van der Waals surface area contributed by atoms with Crippen LogP contribution in [-0.4, -0.2) is 60.5 Å². The molecule has 6 heterocycles. The number of benzene rings is 16. The Balaban J connectivity index is 0.000000181. The average molecular weight is 1900 g/mol. The number of ether oxygens (including phenoxy) is 3. The molecule has 19 heteroatoms. The van der Waals surface area contributed by atoms with E-state index in [9.17, 15) is 0 Å². The van der Waals surface area contributed by atoms with Crippen LogP contribution in [0.4, 0.5) is 17.1 Å². The molecule has 0 aliphatic carbocycles. The minimum Gasteiger partial charge on any atom is -0.457 e. The van der Waals surface area contributed by atoms with Gasteiger partial charge in [-0.1, -0.05) is 190 Å². The highest BCUT2D eigenvalue weighted by molar-refractivity contribution is 5.96. The lowest BCUT2D eigenvalue weighted by Gasteiger charge is -2.26. The van der Waals surface area contributed by atoms with Crippen molar-refractivity contribution in [2.75, 3.05) is 4.90 Å². The molecule has 0 fully saturated rings. The number of fused-ring (bicyclic) bond motifs is 3. The molecule has 0 amide bonds. The second-order valence-corrected chi connectivity index (χ2v) is 39.9. The highest BCUT2D eigenvalue weighted by Crippen LogP contribution is 2.46. The first-order valence-electron chi connectivity index (χ1n) is 48.6. The van der Waals surface area contributed by atoms with Crippen molar-refractivity contribution in [3.8, 4) is 171 Å². The Kier molecular flexibility index (Phi) is 25.1. The first-order valence-corrected chi connectivity index (χ1v) is 48.6. The van der Waals surface area contributed by atoms with Gasteiger partial charge >= 0.3 is 0 Å². The van der Waals surface area contributed by atoms with Crippen LogP contribution in [0.25, 0.3) is 169 Å². The summed E-state index contributed by atoms with van der Waals surface area (Å²) in [6.45, 7) is 32.4. The van der Waals surface area contributed by atoms with Gasteiger partial charge < -0.3 is 32.4 Å². The van der Waals surface area contributed by atoms with Gasteiger partial charge in [0.25, 0.3) is 0 Å². The van der Waals surface area contributed by atoms with Crippen LogP contribution in [0, 0.1) is 41.5 Å². The third kappa shape index (κ3) is 20.3. The van der Waals surface area contributed by atoms with E-state index >= 15 is 0 Å². The fourth-order valence-electron chi connectivity index (χ4n) is 17.5. The number of hydrogen-bond acceptors (Lipinski definition) is 19. The molecule has 0 spiro atoms. The Morgan fingerprint density at radius 1 is 0.186 bits per heavy atom. The summed E-state index contributed by atoms with van der Waals surface area (Å²) in [6, 6.07) is 122. The van der Waals surface area contributed by atoms with Crippen LogP contribution in [0.1, 0.15) is 112 Å². The van der Waals surface area contributed by atoms with E-state index in [0.717, 1.165) is 151 Å². The lowest BCUT2D eigenvalue weighted by atomic mass is 9.87. The predicted molar refractivity (Wildman–Crippen MR) is 580 cm³/mol. The molecular formula is C126H105N13O6. The number of aromatic nitrogens is 12. The fourth-order valence-corrected chi connectivity index (χ4v) is 17.5. The molecule has 16 aromatic carbocycles. The van der Waals surface area contributed by atoms with Crippen LogP contribution in [-0.2, 0) is 16.2 Å². The van der Waals surface area contributed by atoms with Gasteiger partial charge in [-0.3, -0.25) is 0 Å². The summed E-state index contributed by atoms with van der Waals surface area (Å²) in [5.41, 5.74) is 33.9. The average Bonchev–Trinajstić information content (AvgIpc) is 1.56. The molecule has 145 heavy (non-hydrogen) atoms.